The van der Waals surface area contributed by atoms with Gasteiger partial charge in [0, 0.05) is 24.9 Å². The van der Waals surface area contributed by atoms with E-state index in [4.69, 9.17) is 0 Å². The van der Waals surface area contributed by atoms with Crippen molar-refractivity contribution in [2.45, 2.75) is 24.7 Å². The second-order valence-corrected chi connectivity index (χ2v) is 8.56. The van der Waals surface area contributed by atoms with Crippen molar-refractivity contribution < 1.29 is 32.7 Å². The van der Waals surface area contributed by atoms with Gasteiger partial charge in [0.1, 0.15) is 34.3 Å². The van der Waals surface area contributed by atoms with Crippen LogP contribution in [0, 0.1) is 5.92 Å². The first-order chi connectivity index (χ1) is 15.6. The fourth-order valence-corrected chi connectivity index (χ4v) is 4.69. The highest BCUT2D eigenvalue weighted by molar-refractivity contribution is 7.21. The molecule has 4 atom stereocenters. The molecule has 1 aliphatic carbocycles. The van der Waals surface area contributed by atoms with Crippen molar-refractivity contribution in [1.29, 1.82) is 0 Å². The molecule has 5 rings (SSSR count). The van der Waals surface area contributed by atoms with Gasteiger partial charge in [0.25, 0.3) is 6.33 Å². The second-order valence-electron chi connectivity index (χ2n) is 7.53. The third-order valence-electron chi connectivity index (χ3n) is 5.43. The lowest BCUT2D eigenvalue weighted by Crippen LogP contribution is -3.00. The van der Waals surface area contributed by atoms with Crippen molar-refractivity contribution in [3.05, 3.63) is 43.4 Å². The molecule has 0 radical (unpaired) electrons. The number of aliphatic hydroxyl groups is 3. The fraction of sp³-hybridized carbons (Fsp3) is 0.300. The number of H-pyrrole nitrogens is 1. The molecule has 1 saturated carbocycles. The zero-order valence-electron chi connectivity index (χ0n) is 17.1. The Labute approximate surface area is 198 Å². The van der Waals surface area contributed by atoms with Gasteiger partial charge in [-0.05, 0) is 12.5 Å². The molecule has 13 heteroatoms. The van der Waals surface area contributed by atoms with Gasteiger partial charge in [0.05, 0.1) is 28.6 Å². The summed E-state index contributed by atoms with van der Waals surface area (Å²) in [5.74, 6) is 0.370. The minimum absolute atomic E-state index is 0. The van der Waals surface area contributed by atoms with Gasteiger partial charge < -0.3 is 38.4 Å². The minimum atomic E-state index is -1.04. The van der Waals surface area contributed by atoms with Crippen LogP contribution in [-0.2, 0) is 0 Å². The first kappa shape index (κ1) is 23.1. The van der Waals surface area contributed by atoms with E-state index in [1.807, 2.05) is 6.07 Å². The molecule has 1 fully saturated rings. The van der Waals surface area contributed by atoms with E-state index in [1.54, 1.807) is 37.3 Å². The van der Waals surface area contributed by atoms with Gasteiger partial charge in [-0.25, -0.2) is 15.0 Å². The smallest absolute Gasteiger partial charge is 0.284 e. The van der Waals surface area contributed by atoms with Gasteiger partial charge in [-0.1, -0.05) is 4.98 Å². The van der Waals surface area contributed by atoms with Gasteiger partial charge in [-0.3, -0.25) is 4.98 Å². The molecule has 0 unspecified atom stereocenters. The summed E-state index contributed by atoms with van der Waals surface area (Å²) in [5, 5.41) is 37.2. The Kier molecular flexibility index (Phi) is 6.91. The number of anilines is 3. The summed E-state index contributed by atoms with van der Waals surface area (Å²) in [5.41, 5.74) is 2.10. The first-order valence-corrected chi connectivity index (χ1v) is 10.8. The van der Waals surface area contributed by atoms with E-state index < -0.39 is 24.2 Å². The third kappa shape index (κ3) is 4.70. The van der Waals surface area contributed by atoms with E-state index in [2.05, 4.69) is 40.5 Å². The summed E-state index contributed by atoms with van der Waals surface area (Å²) in [4.78, 5) is 24.7. The van der Waals surface area contributed by atoms with Crippen LogP contribution in [0.15, 0.2) is 43.4 Å². The summed E-state index contributed by atoms with van der Waals surface area (Å²) < 4.78 is 0.978. The summed E-state index contributed by atoms with van der Waals surface area (Å²) in [6.45, 7) is -0.206. The number of rotatable bonds is 6. The zero-order valence-corrected chi connectivity index (χ0v) is 18.7. The number of fused-ring (bicyclic) bond motifs is 1. The Morgan fingerprint density at radius 2 is 2.00 bits per heavy atom. The summed E-state index contributed by atoms with van der Waals surface area (Å²) in [6.07, 6.45) is 8.30. The normalized spacial score (nSPS) is 22.2. The lowest BCUT2D eigenvalue weighted by Gasteiger charge is -2.20. The molecule has 11 nitrogen and oxygen atoms in total. The second kappa shape index (κ2) is 9.85. The third-order valence-corrected chi connectivity index (χ3v) is 6.49. The molecule has 0 spiro atoms. The Morgan fingerprint density at radius 3 is 2.73 bits per heavy atom. The molecule has 0 aromatic carbocycles. The fourth-order valence-electron chi connectivity index (χ4n) is 3.75. The van der Waals surface area contributed by atoms with Crippen LogP contribution in [0.2, 0.25) is 0 Å². The van der Waals surface area contributed by atoms with Gasteiger partial charge in [-0.15, -0.1) is 11.3 Å². The van der Waals surface area contributed by atoms with Crippen LogP contribution in [0.4, 0.5) is 17.5 Å². The SMILES string of the molecule is OC[C@H]1C[C@@H](Nc2nc(Nc3cnc[nH+]c3)ncc2-c2nc3cnccc3s2)[C@H](O)[C@@H]1O.[Cl-]. The van der Waals surface area contributed by atoms with Crippen molar-refractivity contribution in [1.82, 2.24) is 24.9 Å². The molecule has 0 saturated heterocycles. The molecule has 0 bridgehead atoms. The number of aromatic amines is 1. The Balaban J connectivity index is 0.00000259. The monoisotopic (exact) mass is 488 g/mol. The van der Waals surface area contributed by atoms with Gasteiger partial charge >= 0.3 is 0 Å². The van der Waals surface area contributed by atoms with E-state index in [1.165, 1.54) is 11.3 Å². The van der Waals surface area contributed by atoms with Crippen LogP contribution in [0.25, 0.3) is 20.8 Å². The number of halogens is 1. The van der Waals surface area contributed by atoms with Gasteiger partial charge in [-0.2, -0.15) is 4.98 Å². The van der Waals surface area contributed by atoms with E-state index in [0.717, 1.165) is 10.2 Å². The van der Waals surface area contributed by atoms with Crippen molar-refractivity contribution in [2.75, 3.05) is 17.2 Å². The number of hydrogen-bond donors (Lipinski definition) is 5. The highest BCUT2D eigenvalue weighted by atomic mass is 35.5. The molecule has 1 aliphatic rings. The number of aromatic nitrogens is 6. The van der Waals surface area contributed by atoms with Crippen LogP contribution in [0.3, 0.4) is 0 Å². The highest BCUT2D eigenvalue weighted by Gasteiger charge is 2.41. The minimum Gasteiger partial charge on any atom is -1.00 e. The van der Waals surface area contributed by atoms with Crippen molar-refractivity contribution >= 4 is 39.0 Å². The number of nitrogens with zero attached hydrogens (tertiary/aromatic N) is 5. The van der Waals surface area contributed by atoms with Crippen LogP contribution in [-0.4, -0.2) is 65.1 Å². The quantitative estimate of drug-likeness (QED) is 0.198. The number of pyridine rings is 1. The lowest BCUT2D eigenvalue weighted by molar-refractivity contribution is -0.381. The number of hydrogen-bond acceptors (Lipinski definition) is 11. The topological polar surface area (TPSA) is 163 Å². The predicted molar refractivity (Wildman–Crippen MR) is 117 cm³/mol. The number of thiazole rings is 1. The maximum absolute atomic E-state index is 10.5. The molecular formula is C20H21ClN8O3S. The summed E-state index contributed by atoms with van der Waals surface area (Å²) >= 11 is 1.48. The van der Waals surface area contributed by atoms with E-state index in [-0.39, 0.29) is 19.0 Å². The van der Waals surface area contributed by atoms with E-state index >= 15 is 0 Å². The molecule has 4 aromatic heterocycles. The number of nitrogens with one attached hydrogen (secondary N) is 3. The molecular weight excluding hydrogens is 468 g/mol. The van der Waals surface area contributed by atoms with Crippen LogP contribution in [0.5, 0.6) is 0 Å². The van der Waals surface area contributed by atoms with Crippen LogP contribution < -0.4 is 28.0 Å². The summed E-state index contributed by atoms with van der Waals surface area (Å²) in [6, 6.07) is 1.40. The highest BCUT2D eigenvalue weighted by Crippen LogP contribution is 2.36. The predicted octanol–water partition coefficient (Wildman–Crippen LogP) is -2.38. The first-order valence-electron chi connectivity index (χ1n) is 10.0. The molecule has 4 heterocycles. The standard InChI is InChI=1S/C20H20N8O3S.ClH/c29-8-10-3-13(17(31)16(10)30)26-18-12(19-27-14-7-21-2-1-15(14)32-19)6-24-20(28-18)25-11-4-22-9-23-5-11;/h1-2,4-7,9-10,13,16-17,29-31H,3,8H2,(H2,24,25,26,28);1H/t10-,13-,16-,17+;/m1./s1. The average Bonchev–Trinajstić information content (AvgIpc) is 3.36. The van der Waals surface area contributed by atoms with Crippen molar-refractivity contribution in [2.24, 2.45) is 5.92 Å². The molecule has 33 heavy (non-hydrogen) atoms. The number of aliphatic hydroxyl groups excluding tert-OH is 3. The maximum Gasteiger partial charge on any atom is 0.284 e. The maximum atomic E-state index is 10.5. The molecule has 4 aromatic rings. The van der Waals surface area contributed by atoms with Gasteiger partial charge in [0.15, 0.2) is 6.20 Å². The molecule has 172 valence electrons. The summed E-state index contributed by atoms with van der Waals surface area (Å²) in [7, 11) is 0. The van der Waals surface area contributed by atoms with E-state index in [0.29, 0.717) is 34.4 Å². The Morgan fingerprint density at radius 1 is 1.12 bits per heavy atom. The van der Waals surface area contributed by atoms with Crippen LogP contribution >= 0.6 is 11.3 Å². The van der Waals surface area contributed by atoms with E-state index in [9.17, 15) is 15.3 Å². The Hall–Kier alpha value is -3.03. The molecule has 0 amide bonds. The van der Waals surface area contributed by atoms with Crippen molar-refractivity contribution in [3.63, 3.8) is 0 Å². The Bertz CT molecular complexity index is 1200. The zero-order chi connectivity index (χ0) is 22.1. The lowest BCUT2D eigenvalue weighted by atomic mass is 10.1. The largest absolute Gasteiger partial charge is 1.00 e. The van der Waals surface area contributed by atoms with Crippen LogP contribution in [0.1, 0.15) is 6.42 Å². The molecule has 6 N–H and O–H groups in total. The van der Waals surface area contributed by atoms with Gasteiger partial charge in [0.2, 0.25) is 5.95 Å². The average molecular weight is 489 g/mol. The molecule has 0 aliphatic heterocycles. The van der Waals surface area contributed by atoms with Crippen molar-refractivity contribution in [3.8, 4) is 10.6 Å².